The van der Waals surface area contributed by atoms with Gasteiger partial charge in [0.1, 0.15) is 5.82 Å². The Morgan fingerprint density at radius 1 is 1.22 bits per heavy atom. The highest BCUT2D eigenvalue weighted by Crippen LogP contribution is 2.38. The molecule has 1 aliphatic carbocycles. The topological polar surface area (TPSA) is 68.2 Å². The zero-order valence-corrected chi connectivity index (χ0v) is 13.1. The number of nitrogens with one attached hydrogen (secondary N) is 2. The first kappa shape index (κ1) is 15.6. The smallest absolute Gasteiger partial charge is 0.227 e. The van der Waals surface area contributed by atoms with Gasteiger partial charge in [-0.25, -0.2) is 4.39 Å². The van der Waals surface area contributed by atoms with Crippen LogP contribution in [0.4, 0.5) is 21.5 Å². The molecule has 1 aromatic carbocycles. The molecule has 6 heteroatoms. The van der Waals surface area contributed by atoms with Crippen LogP contribution < -0.4 is 15.5 Å². The maximum absolute atomic E-state index is 14.4. The fourth-order valence-corrected chi connectivity index (χ4v) is 3.18. The van der Waals surface area contributed by atoms with Crippen molar-refractivity contribution in [3.05, 3.63) is 17.9 Å². The van der Waals surface area contributed by atoms with Gasteiger partial charge in [-0.05, 0) is 44.2 Å². The van der Waals surface area contributed by atoms with Crippen LogP contribution in [0.2, 0.25) is 0 Å². The number of piperidine rings is 1. The van der Waals surface area contributed by atoms with Crippen LogP contribution in [0.1, 0.15) is 38.5 Å². The van der Waals surface area contributed by atoms with Gasteiger partial charge in [0.2, 0.25) is 5.91 Å². The summed E-state index contributed by atoms with van der Waals surface area (Å²) in [7, 11) is 0. The van der Waals surface area contributed by atoms with Crippen molar-refractivity contribution in [3.63, 3.8) is 0 Å². The van der Waals surface area contributed by atoms with Crippen molar-refractivity contribution in [2.75, 3.05) is 28.6 Å². The molecule has 122 valence electrons. The lowest BCUT2D eigenvalue weighted by Gasteiger charge is -2.31. The first-order valence-corrected chi connectivity index (χ1v) is 8.24. The summed E-state index contributed by atoms with van der Waals surface area (Å²) < 4.78 is 14.4. The number of amides is 1. The predicted molar refractivity (Wildman–Crippen MR) is 87.7 cm³/mol. The molecule has 0 aromatic heterocycles. The standard InChI is InChI=1S/C17H21FN4O/c18-13-7-8-14(21-17(23)12-5-4-6-12)15(20-11-19)16(13)22-9-2-1-3-10-22/h7-8,12,20H,1-6,9-10H2,(H,21,23). The number of nitrogens with zero attached hydrogens (tertiary/aromatic N) is 2. The van der Waals surface area contributed by atoms with Crippen molar-refractivity contribution in [1.82, 2.24) is 0 Å². The number of hydrogen-bond acceptors (Lipinski definition) is 4. The third-order valence-electron chi connectivity index (χ3n) is 4.72. The minimum atomic E-state index is -0.369. The number of nitriles is 1. The van der Waals surface area contributed by atoms with Gasteiger partial charge in [-0.1, -0.05) is 6.42 Å². The lowest BCUT2D eigenvalue weighted by molar-refractivity contribution is -0.122. The molecule has 1 amide bonds. The fraction of sp³-hybridized carbons (Fsp3) is 0.529. The van der Waals surface area contributed by atoms with Gasteiger partial charge in [-0.3, -0.25) is 10.1 Å². The van der Waals surface area contributed by atoms with Crippen molar-refractivity contribution >= 4 is 23.0 Å². The van der Waals surface area contributed by atoms with Crippen LogP contribution in [0.15, 0.2) is 12.1 Å². The minimum absolute atomic E-state index is 0.0356. The number of rotatable bonds is 4. The van der Waals surface area contributed by atoms with Crippen LogP contribution in [0.3, 0.4) is 0 Å². The van der Waals surface area contributed by atoms with Crippen molar-refractivity contribution in [2.24, 2.45) is 5.92 Å². The van der Waals surface area contributed by atoms with Crippen molar-refractivity contribution in [1.29, 1.82) is 5.26 Å². The SMILES string of the molecule is N#CNc1c(NC(=O)C2CCC2)ccc(F)c1N1CCCCC1. The lowest BCUT2D eigenvalue weighted by Crippen LogP contribution is -2.32. The van der Waals surface area contributed by atoms with E-state index < -0.39 is 0 Å². The summed E-state index contributed by atoms with van der Waals surface area (Å²) in [4.78, 5) is 14.2. The zero-order valence-electron chi connectivity index (χ0n) is 13.1. The summed E-state index contributed by atoms with van der Waals surface area (Å²) >= 11 is 0. The molecule has 5 nitrogen and oxygen atoms in total. The Morgan fingerprint density at radius 3 is 2.57 bits per heavy atom. The first-order valence-electron chi connectivity index (χ1n) is 8.24. The molecule has 2 fully saturated rings. The Bertz CT molecular complexity index is 630. The van der Waals surface area contributed by atoms with E-state index >= 15 is 0 Å². The van der Waals surface area contributed by atoms with E-state index in [1.54, 1.807) is 0 Å². The van der Waals surface area contributed by atoms with E-state index in [-0.39, 0.29) is 17.6 Å². The number of benzene rings is 1. The van der Waals surface area contributed by atoms with E-state index in [0.29, 0.717) is 17.1 Å². The van der Waals surface area contributed by atoms with Gasteiger partial charge in [0.05, 0.1) is 17.1 Å². The molecule has 1 heterocycles. The highest BCUT2D eigenvalue weighted by Gasteiger charge is 2.27. The molecule has 1 aromatic rings. The molecule has 1 aliphatic heterocycles. The van der Waals surface area contributed by atoms with Crippen LogP contribution in [0.25, 0.3) is 0 Å². The molecule has 0 spiro atoms. The van der Waals surface area contributed by atoms with Crippen LogP contribution in [0.5, 0.6) is 0 Å². The fourth-order valence-electron chi connectivity index (χ4n) is 3.18. The molecule has 0 radical (unpaired) electrons. The second kappa shape index (κ2) is 6.86. The second-order valence-electron chi connectivity index (χ2n) is 6.22. The average Bonchev–Trinajstić information content (AvgIpc) is 2.49. The Hall–Kier alpha value is -2.29. The van der Waals surface area contributed by atoms with Gasteiger partial charge in [-0.2, -0.15) is 5.26 Å². The number of hydrogen-bond donors (Lipinski definition) is 2. The average molecular weight is 316 g/mol. The molecule has 0 bridgehead atoms. The van der Waals surface area contributed by atoms with Crippen molar-refractivity contribution in [3.8, 4) is 6.19 Å². The molecule has 0 unspecified atom stereocenters. The highest BCUT2D eigenvalue weighted by atomic mass is 19.1. The van der Waals surface area contributed by atoms with Gasteiger partial charge in [0, 0.05) is 19.0 Å². The van der Waals surface area contributed by atoms with Crippen LogP contribution in [-0.4, -0.2) is 19.0 Å². The van der Waals surface area contributed by atoms with E-state index in [1.165, 1.54) is 12.1 Å². The third kappa shape index (κ3) is 3.24. The summed E-state index contributed by atoms with van der Waals surface area (Å²) in [6, 6.07) is 2.89. The summed E-state index contributed by atoms with van der Waals surface area (Å²) in [5, 5.41) is 14.5. The quantitative estimate of drug-likeness (QED) is 0.659. The summed E-state index contributed by atoms with van der Waals surface area (Å²) in [5.74, 6) is -0.381. The van der Waals surface area contributed by atoms with Crippen LogP contribution in [-0.2, 0) is 4.79 Å². The Kier molecular flexibility index (Phi) is 4.65. The molecule has 23 heavy (non-hydrogen) atoms. The lowest BCUT2D eigenvalue weighted by atomic mass is 9.85. The number of halogens is 1. The molecule has 2 N–H and O–H groups in total. The normalized spacial score (nSPS) is 18.0. The van der Waals surface area contributed by atoms with E-state index in [0.717, 1.165) is 51.6 Å². The minimum Gasteiger partial charge on any atom is -0.367 e. The Labute approximate surface area is 135 Å². The van der Waals surface area contributed by atoms with Gasteiger partial charge < -0.3 is 10.2 Å². The Morgan fingerprint density at radius 2 is 1.96 bits per heavy atom. The molecule has 1 saturated heterocycles. The number of anilines is 3. The summed E-state index contributed by atoms with van der Waals surface area (Å²) in [5.41, 5.74) is 1.23. The second-order valence-corrected chi connectivity index (χ2v) is 6.22. The van der Waals surface area contributed by atoms with Crippen LogP contribution >= 0.6 is 0 Å². The van der Waals surface area contributed by atoms with E-state index in [4.69, 9.17) is 5.26 Å². The number of carbonyl (C=O) groups is 1. The van der Waals surface area contributed by atoms with E-state index in [9.17, 15) is 9.18 Å². The van der Waals surface area contributed by atoms with Crippen molar-refractivity contribution < 1.29 is 9.18 Å². The molecular formula is C17H21FN4O. The van der Waals surface area contributed by atoms with E-state index in [1.807, 2.05) is 11.1 Å². The summed E-state index contributed by atoms with van der Waals surface area (Å²) in [6.07, 6.45) is 7.88. The predicted octanol–water partition coefficient (Wildman–Crippen LogP) is 3.45. The van der Waals surface area contributed by atoms with Crippen LogP contribution in [0, 0.1) is 23.2 Å². The maximum Gasteiger partial charge on any atom is 0.227 e. The van der Waals surface area contributed by atoms with Gasteiger partial charge >= 0.3 is 0 Å². The Balaban J connectivity index is 1.91. The molecule has 0 atom stereocenters. The monoisotopic (exact) mass is 316 g/mol. The van der Waals surface area contributed by atoms with Gasteiger partial charge in [-0.15, -0.1) is 0 Å². The zero-order chi connectivity index (χ0) is 16.2. The van der Waals surface area contributed by atoms with Gasteiger partial charge in [0.15, 0.2) is 6.19 Å². The number of carbonyl (C=O) groups excluding carboxylic acids is 1. The molecule has 2 aliphatic rings. The highest BCUT2D eigenvalue weighted by molar-refractivity contribution is 5.99. The first-order chi connectivity index (χ1) is 11.2. The van der Waals surface area contributed by atoms with Gasteiger partial charge in [0.25, 0.3) is 0 Å². The van der Waals surface area contributed by atoms with Crippen molar-refractivity contribution in [2.45, 2.75) is 38.5 Å². The third-order valence-corrected chi connectivity index (χ3v) is 4.72. The molecule has 1 saturated carbocycles. The van der Waals surface area contributed by atoms with E-state index in [2.05, 4.69) is 10.6 Å². The molecule has 3 rings (SSSR count). The molecular weight excluding hydrogens is 295 g/mol. The largest absolute Gasteiger partial charge is 0.367 e. The summed E-state index contributed by atoms with van der Waals surface area (Å²) in [6.45, 7) is 1.52. The maximum atomic E-state index is 14.4.